The standard InChI is InChI=1S/C21H31NO/c1-2-11-23-12-3-4-16-5-6-18-14-19(8-7-17(18)13-16)20-9-10-21(22)15-20/h2,7-8,14,16,20-21H,1,3-6,9-13,15,22H2. The molecule has 2 heteroatoms. The van der Waals surface area contributed by atoms with Gasteiger partial charge in [-0.3, -0.25) is 0 Å². The van der Waals surface area contributed by atoms with E-state index in [0.29, 0.717) is 18.6 Å². The maximum absolute atomic E-state index is 6.08. The lowest BCUT2D eigenvalue weighted by Crippen LogP contribution is -2.16. The largest absolute Gasteiger partial charge is 0.377 e. The lowest BCUT2D eigenvalue weighted by molar-refractivity contribution is 0.152. The minimum atomic E-state index is 0.420. The Kier molecular flexibility index (Phi) is 5.91. The Morgan fingerprint density at radius 2 is 2.13 bits per heavy atom. The number of aryl methyl sites for hydroxylation is 1. The molecule has 0 radical (unpaired) electrons. The van der Waals surface area contributed by atoms with Crippen LogP contribution in [0.15, 0.2) is 30.9 Å². The van der Waals surface area contributed by atoms with Crippen LogP contribution >= 0.6 is 0 Å². The summed E-state index contributed by atoms with van der Waals surface area (Å²) in [5.41, 5.74) is 10.8. The lowest BCUT2D eigenvalue weighted by atomic mass is 9.80. The lowest BCUT2D eigenvalue weighted by Gasteiger charge is -2.26. The topological polar surface area (TPSA) is 35.2 Å². The molecule has 1 aromatic carbocycles. The third kappa shape index (κ3) is 4.45. The summed E-state index contributed by atoms with van der Waals surface area (Å²) in [5.74, 6) is 1.54. The number of ether oxygens (including phenoxy) is 1. The monoisotopic (exact) mass is 313 g/mol. The molecule has 3 unspecified atom stereocenters. The normalized spacial score (nSPS) is 26.9. The number of fused-ring (bicyclic) bond motifs is 1. The van der Waals surface area contributed by atoms with Crippen molar-refractivity contribution in [2.24, 2.45) is 11.7 Å². The zero-order chi connectivity index (χ0) is 16.1. The summed E-state index contributed by atoms with van der Waals surface area (Å²) < 4.78 is 5.50. The van der Waals surface area contributed by atoms with Crippen molar-refractivity contribution in [3.05, 3.63) is 47.5 Å². The van der Waals surface area contributed by atoms with Gasteiger partial charge >= 0.3 is 0 Å². The number of hydrogen-bond acceptors (Lipinski definition) is 2. The average molecular weight is 313 g/mol. The minimum Gasteiger partial charge on any atom is -0.377 e. The summed E-state index contributed by atoms with van der Waals surface area (Å²) in [7, 11) is 0. The smallest absolute Gasteiger partial charge is 0.0644 e. The molecule has 3 rings (SSSR count). The van der Waals surface area contributed by atoms with Crippen molar-refractivity contribution < 1.29 is 4.74 Å². The van der Waals surface area contributed by atoms with Gasteiger partial charge < -0.3 is 10.5 Å². The van der Waals surface area contributed by atoms with Crippen LogP contribution in [0.4, 0.5) is 0 Å². The van der Waals surface area contributed by atoms with Gasteiger partial charge in [0.1, 0.15) is 0 Å². The Morgan fingerprint density at radius 3 is 2.91 bits per heavy atom. The second kappa shape index (κ2) is 8.12. The van der Waals surface area contributed by atoms with Crippen molar-refractivity contribution >= 4 is 0 Å². The molecule has 0 aliphatic heterocycles. The fraction of sp³-hybridized carbons (Fsp3) is 0.619. The zero-order valence-corrected chi connectivity index (χ0v) is 14.3. The highest BCUT2D eigenvalue weighted by atomic mass is 16.5. The third-order valence-electron chi connectivity index (χ3n) is 5.64. The van der Waals surface area contributed by atoms with Crippen LogP contribution in [0.1, 0.15) is 61.1 Å². The fourth-order valence-electron chi connectivity index (χ4n) is 4.31. The summed E-state index contributed by atoms with van der Waals surface area (Å²) >= 11 is 0. The van der Waals surface area contributed by atoms with Gasteiger partial charge in [0.15, 0.2) is 0 Å². The second-order valence-electron chi connectivity index (χ2n) is 7.41. The van der Waals surface area contributed by atoms with Crippen LogP contribution in [0.5, 0.6) is 0 Å². The van der Waals surface area contributed by atoms with Gasteiger partial charge in [-0.1, -0.05) is 24.3 Å². The van der Waals surface area contributed by atoms with Gasteiger partial charge in [-0.15, -0.1) is 6.58 Å². The molecule has 0 bridgehead atoms. The van der Waals surface area contributed by atoms with E-state index in [9.17, 15) is 0 Å². The molecule has 0 aromatic heterocycles. The first-order valence-electron chi connectivity index (χ1n) is 9.32. The van der Waals surface area contributed by atoms with Crippen LogP contribution in [0.2, 0.25) is 0 Å². The first-order valence-corrected chi connectivity index (χ1v) is 9.32. The maximum Gasteiger partial charge on any atom is 0.0644 e. The molecule has 1 saturated carbocycles. The van der Waals surface area contributed by atoms with Crippen molar-refractivity contribution in [3.63, 3.8) is 0 Å². The Hall–Kier alpha value is -1.12. The van der Waals surface area contributed by atoms with Crippen LogP contribution in [-0.2, 0) is 17.6 Å². The van der Waals surface area contributed by atoms with Crippen LogP contribution in [-0.4, -0.2) is 19.3 Å². The van der Waals surface area contributed by atoms with Crippen molar-refractivity contribution in [1.29, 1.82) is 0 Å². The van der Waals surface area contributed by atoms with Crippen molar-refractivity contribution in [1.82, 2.24) is 0 Å². The molecule has 0 amide bonds. The molecule has 126 valence electrons. The molecule has 23 heavy (non-hydrogen) atoms. The van der Waals surface area contributed by atoms with Gasteiger partial charge in [0.2, 0.25) is 0 Å². The Balaban J connectivity index is 1.52. The molecule has 0 spiro atoms. The summed E-state index contributed by atoms with van der Waals surface area (Å²) in [5, 5.41) is 0. The third-order valence-corrected chi connectivity index (χ3v) is 5.64. The first kappa shape index (κ1) is 16.7. The van der Waals surface area contributed by atoms with Gasteiger partial charge in [-0.2, -0.15) is 0 Å². The van der Waals surface area contributed by atoms with E-state index >= 15 is 0 Å². The summed E-state index contributed by atoms with van der Waals surface area (Å²) in [6.45, 7) is 5.23. The van der Waals surface area contributed by atoms with Crippen molar-refractivity contribution in [2.45, 2.75) is 63.3 Å². The zero-order valence-electron chi connectivity index (χ0n) is 14.3. The molecular weight excluding hydrogens is 282 g/mol. The van der Waals surface area contributed by atoms with Crippen molar-refractivity contribution in [3.8, 4) is 0 Å². The maximum atomic E-state index is 6.08. The molecular formula is C21H31NO. The van der Waals surface area contributed by atoms with Crippen LogP contribution in [0, 0.1) is 5.92 Å². The molecule has 0 saturated heterocycles. The molecule has 2 aliphatic carbocycles. The Morgan fingerprint density at radius 1 is 1.22 bits per heavy atom. The average Bonchev–Trinajstić information content (AvgIpc) is 3.00. The number of hydrogen-bond donors (Lipinski definition) is 1. The fourth-order valence-corrected chi connectivity index (χ4v) is 4.31. The van der Waals surface area contributed by atoms with E-state index in [0.717, 1.165) is 12.5 Å². The van der Waals surface area contributed by atoms with E-state index in [1.807, 2.05) is 6.08 Å². The van der Waals surface area contributed by atoms with E-state index in [-0.39, 0.29) is 0 Å². The van der Waals surface area contributed by atoms with Gasteiger partial charge in [0.25, 0.3) is 0 Å². The van der Waals surface area contributed by atoms with E-state index in [1.165, 1.54) is 56.9 Å². The van der Waals surface area contributed by atoms with Crippen molar-refractivity contribution in [2.75, 3.05) is 13.2 Å². The number of nitrogens with two attached hydrogens (primary N) is 1. The van der Waals surface area contributed by atoms with E-state index in [1.54, 1.807) is 11.1 Å². The van der Waals surface area contributed by atoms with Gasteiger partial charge in [-0.25, -0.2) is 0 Å². The molecule has 3 atom stereocenters. The van der Waals surface area contributed by atoms with Gasteiger partial charge in [0, 0.05) is 12.6 Å². The highest BCUT2D eigenvalue weighted by Gasteiger charge is 2.25. The minimum absolute atomic E-state index is 0.420. The highest BCUT2D eigenvalue weighted by Crippen LogP contribution is 2.36. The van der Waals surface area contributed by atoms with E-state index < -0.39 is 0 Å². The van der Waals surface area contributed by atoms with E-state index in [4.69, 9.17) is 10.5 Å². The SMILES string of the molecule is C=CCOCCCC1CCc2cc(C3CCC(N)C3)ccc2C1. The van der Waals surface area contributed by atoms with E-state index in [2.05, 4.69) is 24.8 Å². The van der Waals surface area contributed by atoms with Gasteiger partial charge in [0.05, 0.1) is 6.61 Å². The second-order valence-corrected chi connectivity index (χ2v) is 7.41. The van der Waals surface area contributed by atoms with Crippen LogP contribution in [0.3, 0.4) is 0 Å². The predicted octanol–water partition coefficient (Wildman–Crippen LogP) is 4.37. The molecule has 1 fully saturated rings. The quantitative estimate of drug-likeness (QED) is 0.599. The first-order chi connectivity index (χ1) is 11.3. The van der Waals surface area contributed by atoms with Crippen LogP contribution in [0.25, 0.3) is 0 Å². The Labute approximate surface area is 141 Å². The number of benzene rings is 1. The molecule has 0 heterocycles. The predicted molar refractivity (Wildman–Crippen MR) is 96.8 cm³/mol. The Bertz CT molecular complexity index is 525. The molecule has 2 N–H and O–H groups in total. The molecule has 2 nitrogen and oxygen atoms in total. The summed E-state index contributed by atoms with van der Waals surface area (Å²) in [6.07, 6.45) is 11.8. The molecule has 2 aliphatic rings. The highest BCUT2D eigenvalue weighted by molar-refractivity contribution is 5.36. The molecule has 1 aromatic rings. The van der Waals surface area contributed by atoms with Crippen LogP contribution < -0.4 is 5.73 Å². The summed E-state index contributed by atoms with van der Waals surface area (Å²) in [4.78, 5) is 0. The number of rotatable bonds is 7. The van der Waals surface area contributed by atoms with Gasteiger partial charge in [-0.05, 0) is 79.9 Å². The summed E-state index contributed by atoms with van der Waals surface area (Å²) in [6, 6.07) is 7.68.